The van der Waals surface area contributed by atoms with E-state index in [1.807, 2.05) is 64.5 Å². The first-order chi connectivity index (χ1) is 15.5. The average Bonchev–Trinajstić information content (AvgIpc) is 3.40. The van der Waals surface area contributed by atoms with Crippen LogP contribution in [0.4, 0.5) is 5.69 Å². The van der Waals surface area contributed by atoms with Gasteiger partial charge < -0.3 is 4.74 Å². The third-order valence-electron chi connectivity index (χ3n) is 6.34. The van der Waals surface area contributed by atoms with Crippen molar-refractivity contribution in [3.63, 3.8) is 0 Å². The molecule has 1 atom stereocenters. The minimum absolute atomic E-state index is 0.0536. The second kappa shape index (κ2) is 6.80. The maximum Gasteiger partial charge on any atom is 0.263 e. The molecule has 2 aliphatic rings. The van der Waals surface area contributed by atoms with Crippen molar-refractivity contribution in [3.05, 3.63) is 69.9 Å². The van der Waals surface area contributed by atoms with Gasteiger partial charge in [-0.25, -0.2) is 0 Å². The SMILES string of the molecule is COc1cc(N2C(=O)c3c(C4CC4)nn(C)c3[C@@H]2c2ccc(Cl)cc2)cn2c(C)nnc12. The highest BCUT2D eigenvalue weighted by Crippen LogP contribution is 2.49. The third kappa shape index (κ3) is 2.69. The number of aromatic nitrogens is 5. The van der Waals surface area contributed by atoms with E-state index in [1.54, 1.807) is 7.11 Å². The lowest BCUT2D eigenvalue weighted by atomic mass is 10.0. The Morgan fingerprint density at radius 1 is 1.16 bits per heavy atom. The number of methoxy groups -OCH3 is 1. The number of rotatable bonds is 4. The Bertz CT molecular complexity index is 1390. The van der Waals surface area contributed by atoms with Gasteiger partial charge in [0.15, 0.2) is 5.75 Å². The van der Waals surface area contributed by atoms with Crippen LogP contribution in [0.5, 0.6) is 5.75 Å². The largest absolute Gasteiger partial charge is 0.493 e. The second-order valence-corrected chi connectivity index (χ2v) is 8.82. The summed E-state index contributed by atoms with van der Waals surface area (Å²) in [7, 11) is 3.51. The number of carbonyl (C=O) groups excluding carboxylic acids is 1. The molecule has 0 unspecified atom stereocenters. The van der Waals surface area contributed by atoms with Gasteiger partial charge in [-0.1, -0.05) is 23.7 Å². The Hall–Kier alpha value is -3.39. The number of pyridine rings is 1. The first-order valence-electron chi connectivity index (χ1n) is 10.5. The second-order valence-electron chi connectivity index (χ2n) is 8.38. The van der Waals surface area contributed by atoms with Crippen LogP contribution in [0.3, 0.4) is 0 Å². The van der Waals surface area contributed by atoms with Crippen molar-refractivity contribution in [2.75, 3.05) is 12.0 Å². The van der Waals surface area contributed by atoms with E-state index >= 15 is 0 Å². The molecule has 1 saturated carbocycles. The summed E-state index contributed by atoms with van der Waals surface area (Å²) in [5.41, 5.74) is 4.81. The molecule has 0 spiro atoms. The molecule has 4 heterocycles. The normalized spacial score (nSPS) is 17.9. The fourth-order valence-corrected chi connectivity index (χ4v) is 4.78. The maximum absolute atomic E-state index is 13.9. The summed E-state index contributed by atoms with van der Waals surface area (Å²) in [5, 5.41) is 13.8. The number of nitrogens with zero attached hydrogens (tertiary/aromatic N) is 6. The van der Waals surface area contributed by atoms with Gasteiger partial charge in [0.2, 0.25) is 5.65 Å². The summed E-state index contributed by atoms with van der Waals surface area (Å²) < 4.78 is 9.30. The number of benzene rings is 1. The van der Waals surface area contributed by atoms with E-state index in [2.05, 4.69) is 10.2 Å². The molecule has 1 amide bonds. The van der Waals surface area contributed by atoms with Gasteiger partial charge in [0.1, 0.15) is 11.9 Å². The van der Waals surface area contributed by atoms with Crippen LogP contribution < -0.4 is 9.64 Å². The lowest BCUT2D eigenvalue weighted by molar-refractivity contribution is 0.0992. The number of carbonyl (C=O) groups is 1. The molecule has 0 radical (unpaired) electrons. The van der Waals surface area contributed by atoms with Crippen molar-refractivity contribution in [1.82, 2.24) is 24.4 Å². The van der Waals surface area contributed by atoms with Crippen LogP contribution in [-0.4, -0.2) is 37.4 Å². The Kier molecular flexibility index (Phi) is 4.10. The van der Waals surface area contributed by atoms with Crippen molar-refractivity contribution >= 4 is 28.8 Å². The van der Waals surface area contributed by atoms with E-state index in [4.69, 9.17) is 21.4 Å². The topological polar surface area (TPSA) is 77.5 Å². The highest BCUT2D eigenvalue weighted by molar-refractivity contribution is 6.30. The van der Waals surface area contributed by atoms with Gasteiger partial charge in [0.25, 0.3) is 5.91 Å². The number of amides is 1. The van der Waals surface area contributed by atoms with Gasteiger partial charge in [0, 0.05) is 30.3 Å². The van der Waals surface area contributed by atoms with E-state index in [9.17, 15) is 4.79 Å². The summed E-state index contributed by atoms with van der Waals surface area (Å²) >= 11 is 6.16. The first kappa shape index (κ1) is 19.3. The minimum atomic E-state index is -0.335. The zero-order chi connectivity index (χ0) is 22.1. The van der Waals surface area contributed by atoms with Crippen molar-refractivity contribution in [2.24, 2.45) is 7.05 Å². The average molecular weight is 449 g/mol. The highest BCUT2D eigenvalue weighted by Gasteiger charge is 2.46. The van der Waals surface area contributed by atoms with Crippen molar-refractivity contribution in [3.8, 4) is 5.75 Å². The summed E-state index contributed by atoms with van der Waals surface area (Å²) in [6.45, 7) is 1.87. The Morgan fingerprint density at radius 2 is 1.91 bits per heavy atom. The maximum atomic E-state index is 13.9. The third-order valence-corrected chi connectivity index (χ3v) is 6.60. The van der Waals surface area contributed by atoms with Crippen LogP contribution in [0.15, 0.2) is 36.5 Å². The molecule has 0 N–H and O–H groups in total. The number of fused-ring (bicyclic) bond motifs is 2. The molecular formula is C23H21ClN6O2. The van der Waals surface area contributed by atoms with E-state index in [1.165, 1.54) is 0 Å². The minimum Gasteiger partial charge on any atom is -0.493 e. The predicted molar refractivity (Wildman–Crippen MR) is 120 cm³/mol. The van der Waals surface area contributed by atoms with Crippen LogP contribution in [-0.2, 0) is 7.05 Å². The molecule has 6 rings (SSSR count). The Morgan fingerprint density at radius 3 is 2.59 bits per heavy atom. The zero-order valence-corrected chi connectivity index (χ0v) is 18.7. The molecule has 4 aromatic rings. The molecule has 162 valence electrons. The summed E-state index contributed by atoms with van der Waals surface area (Å²) in [4.78, 5) is 15.8. The van der Waals surface area contributed by atoms with Crippen LogP contribution in [0, 0.1) is 6.92 Å². The summed E-state index contributed by atoms with van der Waals surface area (Å²) in [5.74, 6) is 1.58. The Labute approximate surface area is 189 Å². The van der Waals surface area contributed by atoms with Crippen LogP contribution in [0.25, 0.3) is 5.65 Å². The highest BCUT2D eigenvalue weighted by atomic mass is 35.5. The van der Waals surface area contributed by atoms with E-state index in [0.717, 1.165) is 35.4 Å². The van der Waals surface area contributed by atoms with E-state index in [-0.39, 0.29) is 11.9 Å². The molecule has 1 fully saturated rings. The van der Waals surface area contributed by atoms with Gasteiger partial charge >= 0.3 is 0 Å². The Balaban J connectivity index is 1.60. The molecule has 8 nitrogen and oxygen atoms in total. The number of hydrogen-bond acceptors (Lipinski definition) is 5. The van der Waals surface area contributed by atoms with Gasteiger partial charge in [-0.05, 0) is 37.5 Å². The summed E-state index contributed by atoms with van der Waals surface area (Å²) in [6, 6.07) is 9.14. The quantitative estimate of drug-likeness (QED) is 0.470. The van der Waals surface area contributed by atoms with Crippen LogP contribution >= 0.6 is 11.6 Å². The molecule has 1 aliphatic heterocycles. The molecular weight excluding hydrogens is 428 g/mol. The predicted octanol–water partition coefficient (Wildman–Crippen LogP) is 4.06. The first-order valence-corrected chi connectivity index (χ1v) is 10.9. The number of hydrogen-bond donors (Lipinski definition) is 0. The lowest BCUT2D eigenvalue weighted by Gasteiger charge is -2.27. The summed E-state index contributed by atoms with van der Waals surface area (Å²) in [6.07, 6.45) is 4.04. The van der Waals surface area contributed by atoms with E-state index < -0.39 is 0 Å². The molecule has 1 aliphatic carbocycles. The monoisotopic (exact) mass is 448 g/mol. The van der Waals surface area contributed by atoms with Crippen molar-refractivity contribution in [1.29, 1.82) is 0 Å². The van der Waals surface area contributed by atoms with Crippen LogP contribution in [0.2, 0.25) is 5.02 Å². The fraction of sp³-hybridized carbons (Fsp3) is 0.304. The number of ether oxygens (including phenoxy) is 1. The standard InChI is InChI=1S/C23H21ClN6O2/c1-12-25-26-22-17(32-3)10-16(11-29(12)22)30-20(14-6-8-15(24)9-7-14)21-18(23(30)31)19(13-4-5-13)27-28(21)2/h6-11,13,20H,4-5H2,1-3H3/t20-/m0/s1. The van der Waals surface area contributed by atoms with Crippen molar-refractivity contribution < 1.29 is 9.53 Å². The van der Waals surface area contributed by atoms with Crippen molar-refractivity contribution in [2.45, 2.75) is 31.7 Å². The number of halogens is 1. The van der Waals surface area contributed by atoms with Gasteiger partial charge in [-0.2, -0.15) is 5.10 Å². The molecule has 9 heteroatoms. The van der Waals surface area contributed by atoms with Gasteiger partial charge in [0.05, 0.1) is 29.7 Å². The lowest BCUT2D eigenvalue weighted by Crippen LogP contribution is -2.30. The smallest absolute Gasteiger partial charge is 0.263 e. The molecule has 32 heavy (non-hydrogen) atoms. The molecule has 0 bridgehead atoms. The number of anilines is 1. The molecule has 1 aromatic carbocycles. The number of aryl methyl sites for hydroxylation is 2. The molecule has 0 saturated heterocycles. The van der Waals surface area contributed by atoms with E-state index in [0.29, 0.717) is 33.8 Å². The molecule has 3 aromatic heterocycles. The van der Waals surface area contributed by atoms with Crippen LogP contribution in [0.1, 0.15) is 57.9 Å². The zero-order valence-electron chi connectivity index (χ0n) is 17.9. The fourth-order valence-electron chi connectivity index (χ4n) is 4.65. The van der Waals surface area contributed by atoms with Gasteiger partial charge in [-0.15, -0.1) is 10.2 Å². The van der Waals surface area contributed by atoms with Gasteiger partial charge in [-0.3, -0.25) is 18.8 Å².